The number of nitrogens with one attached hydrogen (secondary N) is 1. The summed E-state index contributed by atoms with van der Waals surface area (Å²) >= 11 is 5.46. The maximum absolute atomic E-state index is 13.7. The predicted octanol–water partition coefficient (Wildman–Crippen LogP) is 3.12. The van der Waals surface area contributed by atoms with Crippen LogP contribution < -0.4 is 5.32 Å². The molecule has 1 N–H and O–H groups in total. The zero-order valence-electron chi connectivity index (χ0n) is 13.5. The van der Waals surface area contributed by atoms with Crippen molar-refractivity contribution in [2.45, 2.75) is 39.2 Å². The number of thiocarbonyl (C=S) groups is 1. The summed E-state index contributed by atoms with van der Waals surface area (Å²) in [6.45, 7) is 4.49. The molecule has 0 spiro atoms. The fourth-order valence-electron chi connectivity index (χ4n) is 2.67. The maximum Gasteiger partial charge on any atom is 0.173 e. The number of anilines is 1. The first-order chi connectivity index (χ1) is 10.8. The summed E-state index contributed by atoms with van der Waals surface area (Å²) in [5.41, 5.74) is 1.16. The van der Waals surface area contributed by atoms with E-state index in [1.54, 1.807) is 19.1 Å². The summed E-state index contributed by atoms with van der Waals surface area (Å²) in [5, 5.41) is 3.51. The zero-order chi connectivity index (χ0) is 17.0. The Kier molecular flexibility index (Phi) is 5.97. The number of unbranched alkanes of at least 4 members (excludes halogenated alkanes) is 1. The zero-order valence-corrected chi connectivity index (χ0v) is 15.1. The smallest absolute Gasteiger partial charge is 0.173 e. The molecule has 1 aliphatic rings. The monoisotopic (exact) mass is 358 g/mol. The highest BCUT2D eigenvalue weighted by molar-refractivity contribution is 7.91. The summed E-state index contributed by atoms with van der Waals surface area (Å²) in [7, 11) is -2.97. The van der Waals surface area contributed by atoms with Crippen molar-refractivity contribution in [3.8, 4) is 0 Å². The van der Waals surface area contributed by atoms with Crippen LogP contribution in [0.4, 0.5) is 10.1 Å². The number of hydrogen-bond donors (Lipinski definition) is 1. The number of hydrogen-bond acceptors (Lipinski definition) is 3. The topological polar surface area (TPSA) is 49.4 Å². The molecule has 1 fully saturated rings. The van der Waals surface area contributed by atoms with Gasteiger partial charge in [-0.1, -0.05) is 19.4 Å². The van der Waals surface area contributed by atoms with Crippen LogP contribution in [0.5, 0.6) is 0 Å². The third-order valence-corrected chi connectivity index (χ3v) is 6.17. The molecule has 2 rings (SSSR count). The number of benzene rings is 1. The first-order valence-electron chi connectivity index (χ1n) is 7.86. The van der Waals surface area contributed by atoms with Crippen LogP contribution in [0.15, 0.2) is 18.2 Å². The molecule has 0 saturated carbocycles. The molecule has 128 valence electrons. The average Bonchev–Trinajstić information content (AvgIpc) is 2.83. The van der Waals surface area contributed by atoms with Gasteiger partial charge in [-0.05, 0) is 49.7 Å². The van der Waals surface area contributed by atoms with E-state index in [0.717, 1.165) is 12.8 Å². The van der Waals surface area contributed by atoms with Crippen molar-refractivity contribution in [2.75, 3.05) is 23.4 Å². The van der Waals surface area contributed by atoms with Crippen molar-refractivity contribution >= 4 is 32.9 Å². The Bertz CT molecular complexity index is 677. The van der Waals surface area contributed by atoms with Gasteiger partial charge in [-0.3, -0.25) is 0 Å². The Balaban J connectivity index is 2.11. The van der Waals surface area contributed by atoms with Crippen molar-refractivity contribution in [2.24, 2.45) is 0 Å². The molecule has 1 heterocycles. The van der Waals surface area contributed by atoms with Crippen LogP contribution >= 0.6 is 12.2 Å². The summed E-state index contributed by atoms with van der Waals surface area (Å²) in [6, 6.07) is 4.78. The van der Waals surface area contributed by atoms with Gasteiger partial charge in [0.05, 0.1) is 11.5 Å². The molecular formula is C16H23FN2O2S2. The van der Waals surface area contributed by atoms with Gasteiger partial charge in [0.1, 0.15) is 5.82 Å². The highest BCUT2D eigenvalue weighted by atomic mass is 32.2. The van der Waals surface area contributed by atoms with Gasteiger partial charge in [0.15, 0.2) is 14.9 Å². The minimum Gasteiger partial charge on any atom is -0.345 e. The van der Waals surface area contributed by atoms with E-state index in [1.165, 1.54) is 6.07 Å². The van der Waals surface area contributed by atoms with Gasteiger partial charge in [0.25, 0.3) is 0 Å². The average molecular weight is 359 g/mol. The maximum atomic E-state index is 13.7. The number of nitrogens with zero attached hydrogens (tertiary/aromatic N) is 1. The van der Waals surface area contributed by atoms with Crippen molar-refractivity contribution < 1.29 is 12.8 Å². The lowest BCUT2D eigenvalue weighted by Crippen LogP contribution is -2.44. The van der Waals surface area contributed by atoms with Gasteiger partial charge in [0, 0.05) is 18.3 Å². The Hall–Kier alpha value is -1.21. The number of sulfone groups is 1. The van der Waals surface area contributed by atoms with Gasteiger partial charge in [-0.25, -0.2) is 12.8 Å². The highest BCUT2D eigenvalue weighted by Crippen LogP contribution is 2.21. The lowest BCUT2D eigenvalue weighted by atomic mass is 10.2. The first kappa shape index (κ1) is 18.1. The Labute approximate surface area is 143 Å². The molecule has 1 aromatic carbocycles. The van der Waals surface area contributed by atoms with Crippen LogP contribution in [0.3, 0.4) is 0 Å². The molecule has 0 aromatic heterocycles. The van der Waals surface area contributed by atoms with E-state index >= 15 is 0 Å². The Morgan fingerprint density at radius 1 is 1.48 bits per heavy atom. The standard InChI is InChI=1S/C16H23FN2O2S2/c1-3-4-8-19(14-7-9-23(20,21)11-14)16(22)18-13-6-5-12(2)15(17)10-13/h5-6,10,14H,3-4,7-9,11H2,1-2H3,(H,18,22)/t14-/m0/s1. The summed E-state index contributed by atoms with van der Waals surface area (Å²) in [4.78, 5) is 1.95. The molecule has 0 unspecified atom stereocenters. The Morgan fingerprint density at radius 3 is 2.78 bits per heavy atom. The van der Waals surface area contributed by atoms with Crippen LogP contribution in [-0.2, 0) is 9.84 Å². The molecule has 7 heteroatoms. The van der Waals surface area contributed by atoms with E-state index in [9.17, 15) is 12.8 Å². The van der Waals surface area contributed by atoms with E-state index in [1.807, 2.05) is 4.90 Å². The van der Waals surface area contributed by atoms with E-state index < -0.39 is 9.84 Å². The van der Waals surface area contributed by atoms with E-state index in [0.29, 0.717) is 29.3 Å². The van der Waals surface area contributed by atoms with Gasteiger partial charge < -0.3 is 10.2 Å². The second-order valence-corrected chi connectivity index (χ2v) is 8.61. The van der Waals surface area contributed by atoms with Gasteiger partial charge in [-0.15, -0.1) is 0 Å². The first-order valence-corrected chi connectivity index (χ1v) is 10.1. The third kappa shape index (κ3) is 4.88. The quantitative estimate of drug-likeness (QED) is 0.820. The number of halogens is 1. The molecule has 1 aliphatic heterocycles. The highest BCUT2D eigenvalue weighted by Gasteiger charge is 2.33. The van der Waals surface area contributed by atoms with Crippen molar-refractivity contribution in [3.05, 3.63) is 29.6 Å². The summed E-state index contributed by atoms with van der Waals surface area (Å²) in [5.74, 6) is 0.0596. The van der Waals surface area contributed by atoms with Gasteiger partial charge >= 0.3 is 0 Å². The van der Waals surface area contributed by atoms with Crippen LogP contribution in [0.25, 0.3) is 0 Å². The van der Waals surface area contributed by atoms with Crippen LogP contribution in [0.2, 0.25) is 0 Å². The van der Waals surface area contributed by atoms with Crippen LogP contribution in [0, 0.1) is 12.7 Å². The molecule has 1 saturated heterocycles. The second-order valence-electron chi connectivity index (χ2n) is 6.00. The van der Waals surface area contributed by atoms with Crippen LogP contribution in [-0.4, -0.2) is 42.5 Å². The summed E-state index contributed by atoms with van der Waals surface area (Å²) in [6.07, 6.45) is 2.52. The molecule has 1 atom stereocenters. The molecule has 0 aliphatic carbocycles. The molecule has 23 heavy (non-hydrogen) atoms. The summed E-state index contributed by atoms with van der Waals surface area (Å²) < 4.78 is 37.1. The minimum atomic E-state index is -2.97. The van der Waals surface area contributed by atoms with Crippen LogP contribution in [0.1, 0.15) is 31.7 Å². The second kappa shape index (κ2) is 7.57. The molecule has 1 aromatic rings. The number of aryl methyl sites for hydroxylation is 1. The van der Waals surface area contributed by atoms with E-state index in [2.05, 4.69) is 12.2 Å². The Morgan fingerprint density at radius 2 is 2.22 bits per heavy atom. The fraction of sp³-hybridized carbons (Fsp3) is 0.562. The lowest BCUT2D eigenvalue weighted by Gasteiger charge is -2.31. The van der Waals surface area contributed by atoms with E-state index in [4.69, 9.17) is 12.2 Å². The van der Waals surface area contributed by atoms with Crippen molar-refractivity contribution in [1.29, 1.82) is 0 Å². The molecule has 0 radical (unpaired) electrons. The fourth-order valence-corrected chi connectivity index (χ4v) is 4.75. The minimum absolute atomic E-state index is 0.0955. The predicted molar refractivity (Wildman–Crippen MR) is 96.0 cm³/mol. The normalized spacial score (nSPS) is 19.5. The largest absolute Gasteiger partial charge is 0.345 e. The van der Waals surface area contributed by atoms with Crippen molar-refractivity contribution in [1.82, 2.24) is 4.90 Å². The molecule has 0 amide bonds. The lowest BCUT2D eigenvalue weighted by molar-refractivity contribution is 0.333. The molecule has 0 bridgehead atoms. The SMILES string of the molecule is CCCCN(C(=S)Nc1ccc(C)c(F)c1)[C@H]1CCS(=O)(=O)C1. The van der Waals surface area contributed by atoms with E-state index in [-0.39, 0.29) is 23.4 Å². The van der Waals surface area contributed by atoms with Gasteiger partial charge in [-0.2, -0.15) is 0 Å². The molecular weight excluding hydrogens is 335 g/mol. The molecule has 4 nitrogen and oxygen atoms in total. The van der Waals surface area contributed by atoms with Gasteiger partial charge in [0.2, 0.25) is 0 Å². The van der Waals surface area contributed by atoms with Crippen molar-refractivity contribution in [3.63, 3.8) is 0 Å². The number of rotatable bonds is 5. The third-order valence-electron chi connectivity index (χ3n) is 4.09.